The Hall–Kier alpha value is -1.93. The lowest BCUT2D eigenvalue weighted by Crippen LogP contribution is -2.26. The lowest BCUT2D eigenvalue weighted by molar-refractivity contribution is -0.140. The van der Waals surface area contributed by atoms with E-state index in [0.29, 0.717) is 0 Å². The van der Waals surface area contributed by atoms with Crippen LogP contribution in [-0.2, 0) is 6.18 Å². The van der Waals surface area contributed by atoms with Gasteiger partial charge in [0.2, 0.25) is 0 Å². The highest BCUT2D eigenvalue weighted by Crippen LogP contribution is 2.33. The van der Waals surface area contributed by atoms with Crippen LogP contribution in [0, 0.1) is 0 Å². The van der Waals surface area contributed by atoms with Crippen molar-refractivity contribution in [3.05, 3.63) is 24.3 Å². The van der Waals surface area contributed by atoms with E-state index in [1.807, 2.05) is 0 Å². The van der Waals surface area contributed by atoms with E-state index in [-0.39, 0.29) is 24.4 Å². The molecule has 0 radical (unpaired) electrons. The number of nitrogens with zero attached hydrogens (tertiary/aromatic N) is 4. The molecule has 0 atom stereocenters. The minimum absolute atomic E-state index is 0.0356. The molecule has 20 heavy (non-hydrogen) atoms. The van der Waals surface area contributed by atoms with E-state index in [4.69, 9.17) is 0 Å². The molecule has 0 saturated carbocycles. The summed E-state index contributed by atoms with van der Waals surface area (Å²) in [5.41, 5.74) is -1.14. The van der Waals surface area contributed by atoms with Crippen LogP contribution in [0.3, 0.4) is 0 Å². The van der Waals surface area contributed by atoms with E-state index in [9.17, 15) is 22.0 Å². The first-order valence-electron chi connectivity index (χ1n) is 5.80. The standard InChI is InChI=1S/C11H9F5N4/c12-10(13)1-3-20(6-10)8-9-18-7(11(14,15)16)5-19(9)4-2-17-8/h2,4-5H,1,3,6H2. The van der Waals surface area contributed by atoms with Crippen molar-refractivity contribution in [1.82, 2.24) is 14.4 Å². The van der Waals surface area contributed by atoms with Gasteiger partial charge in [0.05, 0.1) is 6.54 Å². The SMILES string of the molecule is FC1(F)CCN(c2nccn3cc(C(F)(F)F)nc23)C1. The Morgan fingerprint density at radius 1 is 1.25 bits per heavy atom. The first-order valence-corrected chi connectivity index (χ1v) is 5.80. The van der Waals surface area contributed by atoms with Gasteiger partial charge in [-0.3, -0.25) is 0 Å². The molecule has 0 unspecified atom stereocenters. The molecule has 0 aromatic carbocycles. The van der Waals surface area contributed by atoms with Gasteiger partial charge in [0, 0.05) is 31.6 Å². The second-order valence-electron chi connectivity index (χ2n) is 4.63. The van der Waals surface area contributed by atoms with Crippen LogP contribution < -0.4 is 4.90 Å². The molecule has 2 aromatic heterocycles. The summed E-state index contributed by atoms with van der Waals surface area (Å²) in [7, 11) is 0. The highest BCUT2D eigenvalue weighted by Gasteiger charge is 2.40. The zero-order chi connectivity index (χ0) is 14.5. The Balaban J connectivity index is 2.06. The number of halogens is 5. The average Bonchev–Trinajstić information content (AvgIpc) is 2.90. The van der Waals surface area contributed by atoms with Crippen LogP contribution >= 0.6 is 0 Å². The molecule has 2 aromatic rings. The van der Waals surface area contributed by atoms with Crippen molar-refractivity contribution in [3.63, 3.8) is 0 Å². The maximum Gasteiger partial charge on any atom is 0.434 e. The first-order chi connectivity index (χ1) is 9.26. The largest absolute Gasteiger partial charge is 0.434 e. The van der Waals surface area contributed by atoms with Gasteiger partial charge in [0.1, 0.15) is 0 Å². The molecule has 108 valence electrons. The molecule has 3 heterocycles. The molecule has 0 bridgehead atoms. The van der Waals surface area contributed by atoms with Crippen LogP contribution in [-0.4, -0.2) is 33.4 Å². The zero-order valence-corrected chi connectivity index (χ0v) is 10.0. The third-order valence-electron chi connectivity index (χ3n) is 3.12. The van der Waals surface area contributed by atoms with Gasteiger partial charge in [0.15, 0.2) is 17.2 Å². The number of hydrogen-bond donors (Lipinski definition) is 0. The third kappa shape index (κ3) is 2.16. The Morgan fingerprint density at radius 2 is 2.00 bits per heavy atom. The average molecular weight is 292 g/mol. The summed E-state index contributed by atoms with van der Waals surface area (Å²) >= 11 is 0. The number of alkyl halides is 5. The molecule has 9 heteroatoms. The Kier molecular flexibility index (Phi) is 2.63. The Bertz CT molecular complexity index is 648. The summed E-state index contributed by atoms with van der Waals surface area (Å²) < 4.78 is 65.4. The number of anilines is 1. The van der Waals surface area contributed by atoms with E-state index in [2.05, 4.69) is 9.97 Å². The zero-order valence-electron chi connectivity index (χ0n) is 10.0. The molecule has 1 saturated heterocycles. The number of hydrogen-bond acceptors (Lipinski definition) is 3. The van der Waals surface area contributed by atoms with Gasteiger partial charge in [-0.2, -0.15) is 13.2 Å². The summed E-state index contributed by atoms with van der Waals surface area (Å²) in [6.07, 6.45) is -1.55. The summed E-state index contributed by atoms with van der Waals surface area (Å²) in [4.78, 5) is 8.61. The lowest BCUT2D eigenvalue weighted by atomic mass is 10.3. The van der Waals surface area contributed by atoms with Gasteiger partial charge in [0.25, 0.3) is 5.92 Å². The minimum atomic E-state index is -4.59. The van der Waals surface area contributed by atoms with Crippen molar-refractivity contribution in [2.24, 2.45) is 0 Å². The summed E-state index contributed by atoms with van der Waals surface area (Å²) in [6.45, 7) is -0.526. The quantitative estimate of drug-likeness (QED) is 0.758. The van der Waals surface area contributed by atoms with Crippen LogP contribution in [0.25, 0.3) is 5.65 Å². The molecule has 4 nitrogen and oxygen atoms in total. The first kappa shape index (κ1) is 13.1. The topological polar surface area (TPSA) is 33.4 Å². The van der Waals surface area contributed by atoms with Crippen molar-refractivity contribution in [3.8, 4) is 0 Å². The minimum Gasteiger partial charge on any atom is -0.347 e. The monoisotopic (exact) mass is 292 g/mol. The fraction of sp³-hybridized carbons (Fsp3) is 0.455. The predicted octanol–water partition coefficient (Wildman–Crippen LogP) is 2.59. The molecule has 1 aliphatic rings. The summed E-state index contributed by atoms with van der Waals surface area (Å²) in [6, 6.07) is 0. The molecule has 0 N–H and O–H groups in total. The smallest absolute Gasteiger partial charge is 0.347 e. The van der Waals surface area contributed by atoms with Crippen LogP contribution in [0.1, 0.15) is 12.1 Å². The van der Waals surface area contributed by atoms with Crippen molar-refractivity contribution in [2.75, 3.05) is 18.0 Å². The Labute approximate surface area is 109 Å². The number of aromatic nitrogens is 3. The molecular formula is C11H9F5N4. The van der Waals surface area contributed by atoms with Gasteiger partial charge < -0.3 is 9.30 Å². The maximum atomic E-state index is 13.2. The predicted molar refractivity (Wildman–Crippen MR) is 59.8 cm³/mol. The van der Waals surface area contributed by atoms with Crippen LogP contribution in [0.15, 0.2) is 18.6 Å². The number of imidazole rings is 1. The number of fused-ring (bicyclic) bond motifs is 1. The third-order valence-corrected chi connectivity index (χ3v) is 3.12. The van der Waals surface area contributed by atoms with Gasteiger partial charge in [-0.1, -0.05) is 0 Å². The highest BCUT2D eigenvalue weighted by atomic mass is 19.4. The highest BCUT2D eigenvalue weighted by molar-refractivity contribution is 5.65. The van der Waals surface area contributed by atoms with Crippen LogP contribution in [0.2, 0.25) is 0 Å². The van der Waals surface area contributed by atoms with Crippen molar-refractivity contribution in [2.45, 2.75) is 18.5 Å². The summed E-state index contributed by atoms with van der Waals surface area (Å²) in [5.74, 6) is -2.81. The normalized spacial score (nSPS) is 18.9. The van der Waals surface area contributed by atoms with Crippen molar-refractivity contribution < 1.29 is 22.0 Å². The molecule has 1 fully saturated rings. The van der Waals surface area contributed by atoms with E-state index >= 15 is 0 Å². The van der Waals surface area contributed by atoms with Gasteiger partial charge >= 0.3 is 6.18 Å². The fourth-order valence-electron chi connectivity index (χ4n) is 2.18. The fourth-order valence-corrected chi connectivity index (χ4v) is 2.18. The van der Waals surface area contributed by atoms with E-state index in [1.165, 1.54) is 17.3 Å². The van der Waals surface area contributed by atoms with Gasteiger partial charge in [-0.25, -0.2) is 18.7 Å². The van der Waals surface area contributed by atoms with Crippen molar-refractivity contribution >= 4 is 11.5 Å². The van der Waals surface area contributed by atoms with Gasteiger partial charge in [-0.05, 0) is 0 Å². The molecule has 0 amide bonds. The van der Waals surface area contributed by atoms with E-state index in [1.54, 1.807) is 0 Å². The van der Waals surface area contributed by atoms with E-state index < -0.39 is 24.3 Å². The molecule has 1 aliphatic heterocycles. The van der Waals surface area contributed by atoms with Gasteiger partial charge in [-0.15, -0.1) is 0 Å². The maximum absolute atomic E-state index is 13.2. The van der Waals surface area contributed by atoms with Crippen molar-refractivity contribution in [1.29, 1.82) is 0 Å². The molecule has 0 spiro atoms. The second-order valence-corrected chi connectivity index (χ2v) is 4.63. The number of rotatable bonds is 1. The van der Waals surface area contributed by atoms with E-state index in [0.717, 1.165) is 10.6 Å². The van der Waals surface area contributed by atoms with Crippen LogP contribution in [0.5, 0.6) is 0 Å². The summed E-state index contributed by atoms with van der Waals surface area (Å²) in [5, 5.41) is 0. The van der Waals surface area contributed by atoms with Crippen LogP contribution in [0.4, 0.5) is 27.8 Å². The molecule has 0 aliphatic carbocycles. The molecule has 3 rings (SSSR count). The Morgan fingerprint density at radius 3 is 2.60 bits per heavy atom. The molecular weight excluding hydrogens is 283 g/mol. The lowest BCUT2D eigenvalue weighted by Gasteiger charge is -2.17. The second kappa shape index (κ2) is 4.03.